The van der Waals surface area contributed by atoms with Crippen LogP contribution in [-0.4, -0.2) is 70.2 Å². The van der Waals surface area contributed by atoms with Crippen LogP contribution in [0.25, 0.3) is 11.2 Å². The number of nitrogens with zero attached hydrogens (tertiary/aromatic N) is 4. The third-order valence-corrected chi connectivity index (χ3v) is 8.93. The third kappa shape index (κ3) is 6.28. The Morgan fingerprint density at radius 1 is 1.28 bits per heavy atom. The molecule has 0 saturated carbocycles. The van der Waals surface area contributed by atoms with Crippen molar-refractivity contribution in [3.8, 4) is 0 Å². The molecule has 0 amide bonds. The Labute approximate surface area is 209 Å². The molecule has 5 atom stereocenters. The molecule has 196 valence electrons. The van der Waals surface area contributed by atoms with Crippen LogP contribution in [0, 0.1) is 6.92 Å². The van der Waals surface area contributed by atoms with Crippen molar-refractivity contribution in [2.75, 3.05) is 17.8 Å². The van der Waals surface area contributed by atoms with E-state index in [0.29, 0.717) is 6.54 Å². The van der Waals surface area contributed by atoms with Crippen LogP contribution >= 0.6 is 26.8 Å². The molecule has 36 heavy (non-hydrogen) atoms. The predicted molar refractivity (Wildman–Crippen MR) is 126 cm³/mol. The number of aliphatic hydroxyl groups is 1. The van der Waals surface area contributed by atoms with Gasteiger partial charge in [-0.2, -0.15) is 9.97 Å². The minimum atomic E-state index is -4.85. The second-order valence-corrected chi connectivity index (χ2v) is 12.6. The Bertz CT molecular complexity index is 1360. The fraction of sp³-hybridized carbons (Fsp3) is 0.421. The molecule has 5 N–H and O–H groups in total. The van der Waals surface area contributed by atoms with Gasteiger partial charge in [-0.25, -0.2) is 9.37 Å². The van der Waals surface area contributed by atoms with Crippen LogP contribution in [-0.2, 0) is 24.9 Å². The first-order valence-corrected chi connectivity index (χ1v) is 14.4. The number of aryl methyl sites for hydroxylation is 1. The second-order valence-electron chi connectivity index (χ2n) is 8.25. The molecule has 0 bridgehead atoms. The van der Waals surface area contributed by atoms with Crippen molar-refractivity contribution in [3.63, 3.8) is 0 Å². The molecule has 3 aromatic rings. The zero-order chi connectivity index (χ0) is 26.3. The van der Waals surface area contributed by atoms with Crippen LogP contribution in [0.5, 0.6) is 0 Å². The predicted octanol–water partition coefficient (Wildman–Crippen LogP) is 2.33. The fourth-order valence-electron chi connectivity index (χ4n) is 3.74. The Morgan fingerprint density at radius 3 is 2.72 bits per heavy atom. The van der Waals surface area contributed by atoms with Gasteiger partial charge in [-0.15, -0.1) is 0 Å². The Kier molecular flexibility index (Phi) is 7.82. The van der Waals surface area contributed by atoms with E-state index in [9.17, 15) is 23.5 Å². The molecule has 1 fully saturated rings. The average Bonchev–Trinajstić information content (AvgIpc) is 3.30. The first-order chi connectivity index (χ1) is 16.8. The lowest BCUT2D eigenvalue weighted by molar-refractivity contribution is -0.0425. The van der Waals surface area contributed by atoms with Crippen molar-refractivity contribution in [1.29, 1.82) is 0 Å². The lowest BCUT2D eigenvalue weighted by Crippen LogP contribution is -2.31. The number of alkyl halides is 1. The first kappa shape index (κ1) is 27.1. The van der Waals surface area contributed by atoms with Crippen molar-refractivity contribution < 1.29 is 42.6 Å². The van der Waals surface area contributed by atoms with Crippen LogP contribution in [0.2, 0.25) is 5.28 Å². The number of imidazole rings is 1. The number of fused-ring (bicyclic) bond motifs is 1. The number of ether oxygens (including phenoxy) is 1. The normalized spacial score (nSPS) is 24.2. The lowest BCUT2D eigenvalue weighted by Gasteiger charge is -2.18. The summed E-state index contributed by atoms with van der Waals surface area (Å²) in [6.07, 6.45) is -5.44. The van der Waals surface area contributed by atoms with E-state index in [1.165, 1.54) is 10.9 Å². The largest absolute Gasteiger partial charge is 0.387 e. The van der Waals surface area contributed by atoms with E-state index >= 15 is 0 Å². The monoisotopic (exact) mass is 565 g/mol. The van der Waals surface area contributed by atoms with Gasteiger partial charge in [0.2, 0.25) is 5.28 Å². The van der Waals surface area contributed by atoms with E-state index in [1.54, 1.807) is 0 Å². The maximum absolute atomic E-state index is 15.0. The van der Waals surface area contributed by atoms with Gasteiger partial charge in [-0.1, -0.05) is 29.8 Å². The van der Waals surface area contributed by atoms with Crippen molar-refractivity contribution in [2.24, 2.45) is 0 Å². The number of rotatable bonds is 9. The minimum absolute atomic E-state index is 0.109. The van der Waals surface area contributed by atoms with E-state index in [2.05, 4.69) is 24.8 Å². The highest BCUT2D eigenvalue weighted by atomic mass is 35.5. The van der Waals surface area contributed by atoms with E-state index in [0.717, 1.165) is 11.1 Å². The summed E-state index contributed by atoms with van der Waals surface area (Å²) in [7, 11) is -9.58. The van der Waals surface area contributed by atoms with Gasteiger partial charge >= 0.3 is 15.2 Å². The van der Waals surface area contributed by atoms with Gasteiger partial charge in [0.25, 0.3) is 0 Å². The highest BCUT2D eigenvalue weighted by molar-refractivity contribution is 7.70. The standard InChI is InChI=1S/C19H23ClFN5O8P2/c1-10-3-2-4-11(5-10)6-22-16-14-17(25-19(20)24-16)26(8-23-14)18-13(21)15(27)12(34-18)7-33-36(31,32)9-35(28,29)30/h2-5,8,12-13,15,18,27H,6-7,9H2,1H3,(H,31,32)(H,22,24,25)(H2,28,29,30)/t12-,13+,15-,18-/m1/s1. The van der Waals surface area contributed by atoms with Gasteiger partial charge in [-0.3, -0.25) is 13.7 Å². The molecule has 17 heteroatoms. The number of hydrogen-bond acceptors (Lipinski definition) is 9. The number of anilines is 1. The molecule has 0 spiro atoms. The highest BCUT2D eigenvalue weighted by Crippen LogP contribution is 2.55. The van der Waals surface area contributed by atoms with Gasteiger partial charge in [-0.05, 0) is 24.1 Å². The maximum Gasteiger partial charge on any atom is 0.340 e. The molecule has 1 aromatic carbocycles. The van der Waals surface area contributed by atoms with Crippen LogP contribution in [0.4, 0.5) is 10.2 Å². The van der Waals surface area contributed by atoms with E-state index in [4.69, 9.17) is 26.1 Å². The van der Waals surface area contributed by atoms with Crippen molar-refractivity contribution >= 4 is 43.8 Å². The quantitative estimate of drug-likeness (QED) is 0.188. The maximum atomic E-state index is 15.0. The zero-order valence-corrected chi connectivity index (χ0v) is 21.2. The summed E-state index contributed by atoms with van der Waals surface area (Å²) in [5.74, 6) is -1.14. The van der Waals surface area contributed by atoms with Gasteiger partial charge in [0.15, 0.2) is 35.3 Å². The SMILES string of the molecule is Cc1cccc(CNc2nc(Cl)nc3c2ncn3[C@@H]2O[C@H](COP(=O)(O)CP(=O)(O)O)[C@@H](O)[C@@H]2F)c1. The molecule has 1 aliphatic heterocycles. The summed E-state index contributed by atoms with van der Waals surface area (Å²) < 4.78 is 49.2. The van der Waals surface area contributed by atoms with E-state index in [-0.39, 0.29) is 22.3 Å². The molecule has 3 heterocycles. The lowest BCUT2D eigenvalue weighted by atomic mass is 10.1. The van der Waals surface area contributed by atoms with Crippen LogP contribution in [0.1, 0.15) is 17.4 Å². The smallest absolute Gasteiger partial charge is 0.340 e. The summed E-state index contributed by atoms with van der Waals surface area (Å²) in [4.78, 5) is 39.9. The summed E-state index contributed by atoms with van der Waals surface area (Å²) in [6, 6.07) is 7.78. The number of nitrogens with one attached hydrogen (secondary N) is 1. The topological polar surface area (TPSA) is 189 Å². The number of halogens is 2. The van der Waals surface area contributed by atoms with Crippen LogP contribution in [0.15, 0.2) is 30.6 Å². The molecule has 0 aliphatic carbocycles. The van der Waals surface area contributed by atoms with Crippen LogP contribution < -0.4 is 5.32 Å². The summed E-state index contributed by atoms with van der Waals surface area (Å²) in [5, 5.41) is 13.2. The number of hydrogen-bond donors (Lipinski definition) is 5. The van der Waals surface area contributed by atoms with Gasteiger partial charge in [0.1, 0.15) is 12.2 Å². The Balaban J connectivity index is 1.52. The zero-order valence-electron chi connectivity index (χ0n) is 18.7. The molecule has 1 saturated heterocycles. The first-order valence-electron chi connectivity index (χ1n) is 10.5. The van der Waals surface area contributed by atoms with Crippen LogP contribution in [0.3, 0.4) is 0 Å². The molecule has 1 aliphatic rings. The highest BCUT2D eigenvalue weighted by Gasteiger charge is 2.47. The number of aliphatic hydroxyl groups excluding tert-OH is 1. The van der Waals surface area contributed by atoms with Crippen molar-refractivity contribution in [3.05, 3.63) is 47.0 Å². The summed E-state index contributed by atoms with van der Waals surface area (Å²) in [5.41, 5.74) is 2.43. The molecule has 0 radical (unpaired) electrons. The number of aromatic nitrogens is 4. The van der Waals surface area contributed by atoms with Gasteiger partial charge < -0.3 is 34.4 Å². The molecular weight excluding hydrogens is 543 g/mol. The Morgan fingerprint density at radius 2 is 2.03 bits per heavy atom. The molecule has 2 aromatic heterocycles. The summed E-state index contributed by atoms with van der Waals surface area (Å²) >= 11 is 6.08. The van der Waals surface area contributed by atoms with E-state index in [1.807, 2.05) is 31.2 Å². The number of benzene rings is 1. The van der Waals surface area contributed by atoms with Crippen molar-refractivity contribution in [1.82, 2.24) is 19.5 Å². The molecular formula is C19H23ClFN5O8P2. The minimum Gasteiger partial charge on any atom is -0.387 e. The van der Waals surface area contributed by atoms with E-state index < -0.39 is 52.3 Å². The molecule has 4 rings (SSSR count). The Hall–Kier alpha value is -1.99. The molecule has 13 nitrogen and oxygen atoms in total. The van der Waals surface area contributed by atoms with Crippen molar-refractivity contribution in [2.45, 2.75) is 38.1 Å². The second kappa shape index (κ2) is 10.4. The molecule has 1 unspecified atom stereocenters. The fourth-order valence-corrected chi connectivity index (χ4v) is 6.47. The van der Waals surface area contributed by atoms with Gasteiger partial charge in [0, 0.05) is 6.54 Å². The van der Waals surface area contributed by atoms with Gasteiger partial charge in [0.05, 0.1) is 12.9 Å². The third-order valence-electron chi connectivity index (χ3n) is 5.31. The summed E-state index contributed by atoms with van der Waals surface area (Å²) in [6.45, 7) is 1.57. The average molecular weight is 566 g/mol.